The summed E-state index contributed by atoms with van der Waals surface area (Å²) in [6.45, 7) is 2.45. The fourth-order valence-electron chi connectivity index (χ4n) is 1.61. The Morgan fingerprint density at radius 3 is 2.74 bits per heavy atom. The number of thiazole rings is 1. The first-order valence-corrected chi connectivity index (χ1v) is 6.80. The third-order valence-electron chi connectivity index (χ3n) is 2.72. The van der Waals surface area contributed by atoms with E-state index in [2.05, 4.69) is 4.98 Å². The quantitative estimate of drug-likeness (QED) is 0.602. The van der Waals surface area contributed by atoms with Crippen molar-refractivity contribution in [3.63, 3.8) is 0 Å². The molecule has 1 aromatic carbocycles. The first-order valence-electron chi connectivity index (χ1n) is 5.92. The summed E-state index contributed by atoms with van der Waals surface area (Å²) in [7, 11) is 0. The van der Waals surface area contributed by atoms with Crippen LogP contribution in [0.4, 0.5) is 4.39 Å². The van der Waals surface area contributed by atoms with Crippen molar-refractivity contribution in [3.05, 3.63) is 51.7 Å². The molecule has 0 radical (unpaired) electrons. The van der Waals surface area contributed by atoms with Crippen LogP contribution in [0.3, 0.4) is 0 Å². The molecule has 0 saturated heterocycles. The van der Waals surface area contributed by atoms with Crippen LogP contribution in [0.1, 0.15) is 20.9 Å². The molecule has 0 aliphatic rings. The van der Waals surface area contributed by atoms with Crippen LogP contribution in [0.25, 0.3) is 0 Å². The molecule has 1 aromatic heterocycles. The van der Waals surface area contributed by atoms with E-state index in [9.17, 15) is 9.18 Å². The molecule has 3 nitrogen and oxygen atoms in total. The van der Waals surface area contributed by atoms with Gasteiger partial charge >= 0.3 is 0 Å². The molecule has 0 aliphatic carbocycles. The Bertz CT molecular complexity index is 551. The number of ketones is 1. The number of hydrogen-bond donors (Lipinski definition) is 0. The summed E-state index contributed by atoms with van der Waals surface area (Å²) in [5, 5.41) is 0. The minimum absolute atomic E-state index is 0.0173. The Morgan fingerprint density at radius 2 is 2.11 bits per heavy atom. The standard InChI is InChI=1S/C14H14FNO2S/c1-10-14(19-9-16-10)6-7-18-8-13(17)11-2-4-12(15)5-3-11/h2-5,9H,6-8H2,1H3. The maximum absolute atomic E-state index is 12.7. The van der Waals surface area contributed by atoms with E-state index in [0.717, 1.165) is 12.1 Å². The Balaban J connectivity index is 1.75. The van der Waals surface area contributed by atoms with Crippen molar-refractivity contribution >= 4 is 17.1 Å². The average molecular weight is 279 g/mol. The van der Waals surface area contributed by atoms with E-state index in [-0.39, 0.29) is 18.2 Å². The summed E-state index contributed by atoms with van der Waals surface area (Å²) < 4.78 is 18.0. The van der Waals surface area contributed by atoms with E-state index in [0.29, 0.717) is 12.2 Å². The summed E-state index contributed by atoms with van der Waals surface area (Å²) in [6.07, 6.45) is 0.757. The molecule has 0 bridgehead atoms. The van der Waals surface area contributed by atoms with Gasteiger partial charge in [-0.1, -0.05) is 0 Å². The SMILES string of the molecule is Cc1ncsc1CCOCC(=O)c1ccc(F)cc1. The lowest BCUT2D eigenvalue weighted by Gasteiger charge is -2.03. The third-order valence-corrected chi connectivity index (χ3v) is 3.71. The van der Waals surface area contributed by atoms with Crippen molar-refractivity contribution in [3.8, 4) is 0 Å². The Labute approximate surface area is 115 Å². The van der Waals surface area contributed by atoms with Gasteiger partial charge in [-0.05, 0) is 31.2 Å². The van der Waals surface area contributed by atoms with Gasteiger partial charge in [0.05, 0.1) is 17.8 Å². The number of rotatable bonds is 6. The number of carbonyl (C=O) groups excluding carboxylic acids is 1. The van der Waals surface area contributed by atoms with Gasteiger partial charge in [0.15, 0.2) is 5.78 Å². The predicted molar refractivity (Wildman–Crippen MR) is 72.1 cm³/mol. The molecule has 0 fully saturated rings. The molecule has 0 amide bonds. The van der Waals surface area contributed by atoms with Gasteiger partial charge < -0.3 is 4.74 Å². The van der Waals surface area contributed by atoms with Gasteiger partial charge in [-0.3, -0.25) is 4.79 Å². The van der Waals surface area contributed by atoms with Crippen LogP contribution in [0.15, 0.2) is 29.8 Å². The number of nitrogens with zero attached hydrogens (tertiary/aromatic N) is 1. The second kappa shape index (κ2) is 6.54. The van der Waals surface area contributed by atoms with Crippen LogP contribution in [-0.4, -0.2) is 24.0 Å². The third kappa shape index (κ3) is 3.94. The first kappa shape index (κ1) is 13.8. The van der Waals surface area contributed by atoms with Crippen LogP contribution in [0.5, 0.6) is 0 Å². The summed E-state index contributed by atoms with van der Waals surface area (Å²) in [6, 6.07) is 5.48. The van der Waals surface area contributed by atoms with Gasteiger partial charge in [0.2, 0.25) is 0 Å². The number of carbonyl (C=O) groups is 1. The highest BCUT2D eigenvalue weighted by Crippen LogP contribution is 2.12. The van der Waals surface area contributed by atoms with E-state index in [1.54, 1.807) is 16.8 Å². The molecular formula is C14H14FNO2S. The van der Waals surface area contributed by atoms with Gasteiger partial charge in [0, 0.05) is 16.9 Å². The monoisotopic (exact) mass is 279 g/mol. The van der Waals surface area contributed by atoms with Crippen LogP contribution >= 0.6 is 11.3 Å². The maximum Gasteiger partial charge on any atom is 0.188 e. The van der Waals surface area contributed by atoms with Crippen molar-refractivity contribution in [1.29, 1.82) is 0 Å². The number of halogens is 1. The molecule has 0 spiro atoms. The predicted octanol–water partition coefficient (Wildman–Crippen LogP) is 3.03. The van der Waals surface area contributed by atoms with Crippen LogP contribution in [-0.2, 0) is 11.2 Å². The molecule has 2 rings (SSSR count). The Morgan fingerprint density at radius 1 is 1.37 bits per heavy atom. The molecule has 19 heavy (non-hydrogen) atoms. The minimum Gasteiger partial charge on any atom is -0.373 e. The van der Waals surface area contributed by atoms with E-state index < -0.39 is 0 Å². The number of ether oxygens (including phenoxy) is 1. The fraction of sp³-hybridized carbons (Fsp3) is 0.286. The van der Waals surface area contributed by atoms with Gasteiger partial charge in [0.1, 0.15) is 12.4 Å². The number of Topliss-reactive ketones (excluding diaryl/α,β-unsaturated/α-hetero) is 1. The number of benzene rings is 1. The second-order valence-electron chi connectivity index (χ2n) is 4.09. The van der Waals surface area contributed by atoms with Crippen molar-refractivity contribution in [2.24, 2.45) is 0 Å². The van der Waals surface area contributed by atoms with Gasteiger partial charge in [-0.15, -0.1) is 11.3 Å². The smallest absolute Gasteiger partial charge is 0.188 e. The maximum atomic E-state index is 12.7. The molecule has 0 aliphatic heterocycles. The number of aryl methyl sites for hydroxylation is 1. The molecule has 0 atom stereocenters. The molecule has 0 unspecified atom stereocenters. The lowest BCUT2D eigenvalue weighted by Crippen LogP contribution is -2.10. The van der Waals surface area contributed by atoms with Gasteiger partial charge in [0.25, 0.3) is 0 Å². The fourth-order valence-corrected chi connectivity index (χ4v) is 2.38. The van der Waals surface area contributed by atoms with E-state index in [4.69, 9.17) is 4.74 Å². The summed E-state index contributed by atoms with van der Waals surface area (Å²) in [5.41, 5.74) is 3.28. The van der Waals surface area contributed by atoms with Crippen LogP contribution in [0.2, 0.25) is 0 Å². The van der Waals surface area contributed by atoms with Crippen molar-refractivity contribution < 1.29 is 13.9 Å². The molecule has 5 heteroatoms. The largest absolute Gasteiger partial charge is 0.373 e. The van der Waals surface area contributed by atoms with Crippen molar-refractivity contribution in [1.82, 2.24) is 4.98 Å². The topological polar surface area (TPSA) is 39.2 Å². The van der Waals surface area contributed by atoms with Gasteiger partial charge in [-0.2, -0.15) is 0 Å². The first-order chi connectivity index (χ1) is 9.16. The molecule has 0 saturated carbocycles. The molecule has 2 aromatic rings. The van der Waals surface area contributed by atoms with Crippen molar-refractivity contribution in [2.75, 3.05) is 13.2 Å². The second-order valence-corrected chi connectivity index (χ2v) is 5.03. The average Bonchev–Trinajstić information content (AvgIpc) is 2.81. The summed E-state index contributed by atoms with van der Waals surface area (Å²) >= 11 is 1.59. The highest BCUT2D eigenvalue weighted by atomic mass is 32.1. The summed E-state index contributed by atoms with van der Waals surface area (Å²) in [4.78, 5) is 17.0. The zero-order valence-corrected chi connectivity index (χ0v) is 11.4. The zero-order chi connectivity index (χ0) is 13.7. The highest BCUT2D eigenvalue weighted by molar-refractivity contribution is 7.09. The molecule has 0 N–H and O–H groups in total. The van der Waals surface area contributed by atoms with Crippen molar-refractivity contribution in [2.45, 2.75) is 13.3 Å². The Kier molecular flexibility index (Phi) is 4.76. The minimum atomic E-state index is -0.349. The van der Waals surface area contributed by atoms with E-state index in [1.807, 2.05) is 6.92 Å². The molecular weight excluding hydrogens is 265 g/mol. The zero-order valence-electron chi connectivity index (χ0n) is 10.6. The number of aromatic nitrogens is 1. The lowest BCUT2D eigenvalue weighted by molar-refractivity contribution is 0.0766. The number of hydrogen-bond acceptors (Lipinski definition) is 4. The highest BCUT2D eigenvalue weighted by Gasteiger charge is 2.07. The van der Waals surface area contributed by atoms with Gasteiger partial charge in [-0.25, -0.2) is 9.37 Å². The molecule has 100 valence electrons. The Hall–Kier alpha value is -1.59. The molecule has 1 heterocycles. The summed E-state index contributed by atoms with van der Waals surface area (Å²) in [5.74, 6) is -0.487. The lowest BCUT2D eigenvalue weighted by atomic mass is 10.1. The van der Waals surface area contributed by atoms with E-state index in [1.165, 1.54) is 29.1 Å². The normalized spacial score (nSPS) is 10.6. The van der Waals surface area contributed by atoms with Crippen LogP contribution in [0, 0.1) is 12.7 Å². The van der Waals surface area contributed by atoms with E-state index >= 15 is 0 Å². The van der Waals surface area contributed by atoms with Crippen LogP contribution < -0.4 is 0 Å².